The van der Waals surface area contributed by atoms with Crippen LogP contribution in [0.4, 0.5) is 0 Å². The average Bonchev–Trinajstić information content (AvgIpc) is 2.23. The summed E-state index contributed by atoms with van der Waals surface area (Å²) in [5, 5.41) is 12.3. The van der Waals surface area contributed by atoms with Crippen LogP contribution >= 0.6 is 11.6 Å². The van der Waals surface area contributed by atoms with Crippen LogP contribution < -0.4 is 0 Å². The minimum atomic E-state index is -1.30. The SMILES string of the molecule is Cc1cccc(C=C(N=[N+]=[N-])C(=O)O)c1Cl. The molecule has 0 saturated carbocycles. The summed E-state index contributed by atoms with van der Waals surface area (Å²) in [4.78, 5) is 13.2. The fourth-order valence-corrected chi connectivity index (χ4v) is 1.29. The molecule has 0 amide bonds. The Morgan fingerprint density at radius 2 is 2.31 bits per heavy atom. The van der Waals surface area contributed by atoms with Crippen molar-refractivity contribution >= 4 is 23.6 Å². The van der Waals surface area contributed by atoms with Crippen molar-refractivity contribution in [3.8, 4) is 0 Å². The molecule has 0 aliphatic heterocycles. The first-order valence-corrected chi connectivity index (χ1v) is 4.69. The van der Waals surface area contributed by atoms with Crippen molar-refractivity contribution in [1.82, 2.24) is 0 Å². The molecule has 0 aliphatic carbocycles. The zero-order valence-electron chi connectivity index (χ0n) is 8.38. The van der Waals surface area contributed by atoms with Gasteiger partial charge in [-0.15, -0.1) is 0 Å². The molecule has 5 nitrogen and oxygen atoms in total. The number of hydrogen-bond acceptors (Lipinski definition) is 2. The zero-order valence-corrected chi connectivity index (χ0v) is 9.14. The van der Waals surface area contributed by atoms with E-state index < -0.39 is 11.7 Å². The van der Waals surface area contributed by atoms with Gasteiger partial charge in [-0.1, -0.05) is 34.9 Å². The van der Waals surface area contributed by atoms with E-state index in [-0.39, 0.29) is 0 Å². The number of hydrogen-bond donors (Lipinski definition) is 1. The van der Waals surface area contributed by atoms with Crippen molar-refractivity contribution in [2.24, 2.45) is 5.11 Å². The van der Waals surface area contributed by atoms with E-state index in [4.69, 9.17) is 22.2 Å². The van der Waals surface area contributed by atoms with Crippen molar-refractivity contribution in [3.63, 3.8) is 0 Å². The summed E-state index contributed by atoms with van der Waals surface area (Å²) in [5.74, 6) is -1.30. The molecule has 0 aromatic heterocycles. The molecular weight excluding hydrogens is 230 g/mol. The maximum Gasteiger partial charge on any atom is 0.338 e. The van der Waals surface area contributed by atoms with Crippen LogP contribution in [0.25, 0.3) is 16.5 Å². The number of aliphatic carboxylic acids is 1. The topological polar surface area (TPSA) is 86.1 Å². The summed E-state index contributed by atoms with van der Waals surface area (Å²) in [6.07, 6.45) is 1.23. The highest BCUT2D eigenvalue weighted by atomic mass is 35.5. The van der Waals surface area contributed by atoms with E-state index >= 15 is 0 Å². The lowest BCUT2D eigenvalue weighted by molar-refractivity contribution is -0.132. The van der Waals surface area contributed by atoms with Crippen LogP contribution in [-0.4, -0.2) is 11.1 Å². The quantitative estimate of drug-likeness (QED) is 0.378. The van der Waals surface area contributed by atoms with Crippen LogP contribution in [0.5, 0.6) is 0 Å². The van der Waals surface area contributed by atoms with E-state index in [0.717, 1.165) is 5.56 Å². The second kappa shape index (κ2) is 5.21. The third-order valence-electron chi connectivity index (χ3n) is 1.89. The van der Waals surface area contributed by atoms with Crippen LogP contribution in [-0.2, 0) is 4.79 Å². The molecule has 0 spiro atoms. The third kappa shape index (κ3) is 2.76. The normalized spacial score (nSPS) is 10.8. The zero-order chi connectivity index (χ0) is 12.1. The number of azide groups is 1. The Bertz CT molecular complexity index is 501. The van der Waals surface area contributed by atoms with Crippen LogP contribution in [0, 0.1) is 6.92 Å². The summed E-state index contributed by atoms with van der Waals surface area (Å²) in [7, 11) is 0. The Labute approximate surface area is 96.6 Å². The molecule has 0 saturated heterocycles. The lowest BCUT2D eigenvalue weighted by Gasteiger charge is -2.02. The molecule has 0 fully saturated rings. The summed E-state index contributed by atoms with van der Waals surface area (Å²) < 4.78 is 0. The van der Waals surface area contributed by atoms with E-state index in [9.17, 15) is 4.79 Å². The highest BCUT2D eigenvalue weighted by molar-refractivity contribution is 6.32. The molecule has 1 rings (SSSR count). The van der Waals surface area contributed by atoms with E-state index in [2.05, 4.69) is 10.0 Å². The number of benzene rings is 1. The van der Waals surface area contributed by atoms with Gasteiger partial charge in [0.15, 0.2) is 0 Å². The molecule has 0 aliphatic rings. The third-order valence-corrected chi connectivity index (χ3v) is 2.40. The number of carbonyl (C=O) groups is 1. The Kier molecular flexibility index (Phi) is 3.94. The van der Waals surface area contributed by atoms with Crippen LogP contribution in [0.3, 0.4) is 0 Å². The first-order valence-electron chi connectivity index (χ1n) is 4.31. The summed E-state index contributed by atoms with van der Waals surface area (Å²) in [6.45, 7) is 1.80. The predicted molar refractivity (Wildman–Crippen MR) is 60.9 cm³/mol. The van der Waals surface area contributed by atoms with Crippen LogP contribution in [0.2, 0.25) is 5.02 Å². The second-order valence-electron chi connectivity index (χ2n) is 3.00. The lowest BCUT2D eigenvalue weighted by atomic mass is 10.1. The predicted octanol–water partition coefficient (Wildman–Crippen LogP) is 3.38. The van der Waals surface area contributed by atoms with Gasteiger partial charge in [-0.25, -0.2) is 4.79 Å². The van der Waals surface area contributed by atoms with Crippen LogP contribution in [0.15, 0.2) is 29.0 Å². The molecule has 16 heavy (non-hydrogen) atoms. The summed E-state index contributed by atoms with van der Waals surface area (Å²) in [6, 6.07) is 5.18. The van der Waals surface area contributed by atoms with Crippen molar-refractivity contribution < 1.29 is 9.90 Å². The smallest absolute Gasteiger partial charge is 0.338 e. The van der Waals surface area contributed by atoms with Crippen molar-refractivity contribution in [2.45, 2.75) is 6.92 Å². The minimum Gasteiger partial charge on any atom is -0.478 e. The Hall–Kier alpha value is -1.97. The molecule has 0 unspecified atom stereocenters. The van der Waals surface area contributed by atoms with Gasteiger partial charge in [0, 0.05) is 4.91 Å². The van der Waals surface area contributed by atoms with Gasteiger partial charge in [0.2, 0.25) is 0 Å². The van der Waals surface area contributed by atoms with Crippen molar-refractivity contribution in [1.29, 1.82) is 0 Å². The largest absolute Gasteiger partial charge is 0.478 e. The first-order chi connectivity index (χ1) is 7.56. The molecule has 1 aromatic carbocycles. The van der Waals surface area contributed by atoms with Crippen molar-refractivity contribution in [3.05, 3.63) is 50.5 Å². The van der Waals surface area contributed by atoms with E-state index in [1.165, 1.54) is 6.08 Å². The highest BCUT2D eigenvalue weighted by Gasteiger charge is 2.07. The van der Waals surface area contributed by atoms with E-state index in [1.54, 1.807) is 25.1 Å². The maximum atomic E-state index is 10.7. The van der Waals surface area contributed by atoms with Gasteiger partial charge in [0.1, 0.15) is 5.70 Å². The molecule has 0 bridgehead atoms. The number of carboxylic acids is 1. The standard InChI is InChI=1S/C10H8ClN3O2/c1-6-3-2-4-7(9(6)11)5-8(10(15)16)13-14-12/h2-5H,1H3,(H,15,16). The maximum absolute atomic E-state index is 10.7. The van der Waals surface area contributed by atoms with Crippen LogP contribution in [0.1, 0.15) is 11.1 Å². The minimum absolute atomic E-state index is 0.394. The molecule has 0 atom stereocenters. The summed E-state index contributed by atoms with van der Waals surface area (Å²) in [5.41, 5.74) is 9.14. The van der Waals surface area contributed by atoms with Gasteiger partial charge in [0.05, 0.1) is 5.02 Å². The first kappa shape index (κ1) is 12.1. The van der Waals surface area contributed by atoms with Gasteiger partial charge in [-0.3, -0.25) is 0 Å². The number of rotatable bonds is 3. The van der Waals surface area contributed by atoms with Gasteiger partial charge in [-0.05, 0) is 29.7 Å². The number of halogens is 1. The monoisotopic (exact) mass is 237 g/mol. The van der Waals surface area contributed by atoms with Gasteiger partial charge < -0.3 is 5.11 Å². The Balaban J connectivity index is 3.28. The van der Waals surface area contributed by atoms with E-state index in [1.807, 2.05) is 0 Å². The second-order valence-corrected chi connectivity index (χ2v) is 3.38. The Morgan fingerprint density at radius 1 is 1.62 bits per heavy atom. The van der Waals surface area contributed by atoms with Crippen molar-refractivity contribution in [2.75, 3.05) is 0 Å². The van der Waals surface area contributed by atoms with Gasteiger partial charge in [0.25, 0.3) is 0 Å². The molecule has 1 aromatic rings. The fourth-order valence-electron chi connectivity index (χ4n) is 1.11. The molecule has 1 N–H and O–H groups in total. The molecule has 0 radical (unpaired) electrons. The van der Waals surface area contributed by atoms with E-state index in [0.29, 0.717) is 10.6 Å². The summed E-state index contributed by atoms with van der Waals surface area (Å²) >= 11 is 5.97. The van der Waals surface area contributed by atoms with Gasteiger partial charge in [-0.2, -0.15) is 0 Å². The number of carboxylic acid groups (broad SMARTS) is 1. The highest BCUT2D eigenvalue weighted by Crippen LogP contribution is 2.22. The molecule has 6 heteroatoms. The molecule has 82 valence electrons. The fraction of sp³-hybridized carbons (Fsp3) is 0.100. The van der Waals surface area contributed by atoms with Gasteiger partial charge >= 0.3 is 5.97 Å². The number of aryl methyl sites for hydroxylation is 1. The molecule has 0 heterocycles. The number of nitrogens with zero attached hydrogens (tertiary/aromatic N) is 3. The molecular formula is C10H8ClN3O2. The Morgan fingerprint density at radius 3 is 2.88 bits per heavy atom. The average molecular weight is 238 g/mol. The lowest BCUT2D eigenvalue weighted by Crippen LogP contribution is -1.96.